The molecule has 0 aromatic heterocycles. The van der Waals surface area contributed by atoms with Gasteiger partial charge < -0.3 is 14.8 Å². The Morgan fingerprint density at radius 2 is 1.94 bits per heavy atom. The molecular formula is C13H21NO2. The third-order valence-corrected chi connectivity index (χ3v) is 2.61. The van der Waals surface area contributed by atoms with Gasteiger partial charge in [0.15, 0.2) is 0 Å². The second-order valence-corrected chi connectivity index (χ2v) is 4.17. The highest BCUT2D eigenvalue weighted by Gasteiger charge is 2.10. The fourth-order valence-electron chi connectivity index (χ4n) is 1.67. The SMILES string of the molecule is COCNc1cc(C(C)C)c(OC)cc1C. The van der Waals surface area contributed by atoms with Crippen molar-refractivity contribution in [3.05, 3.63) is 23.3 Å². The van der Waals surface area contributed by atoms with Crippen LogP contribution < -0.4 is 10.1 Å². The molecule has 3 heteroatoms. The van der Waals surface area contributed by atoms with Crippen LogP contribution in [0.5, 0.6) is 5.75 Å². The summed E-state index contributed by atoms with van der Waals surface area (Å²) >= 11 is 0. The van der Waals surface area contributed by atoms with Crippen LogP contribution in [0.15, 0.2) is 12.1 Å². The lowest BCUT2D eigenvalue weighted by molar-refractivity contribution is 0.221. The van der Waals surface area contributed by atoms with Crippen molar-refractivity contribution in [2.45, 2.75) is 26.7 Å². The molecule has 1 rings (SSSR count). The van der Waals surface area contributed by atoms with Gasteiger partial charge in [0.1, 0.15) is 12.5 Å². The van der Waals surface area contributed by atoms with Gasteiger partial charge in [-0.3, -0.25) is 0 Å². The van der Waals surface area contributed by atoms with Crippen molar-refractivity contribution in [3.8, 4) is 5.75 Å². The summed E-state index contributed by atoms with van der Waals surface area (Å²) in [5.41, 5.74) is 3.48. The summed E-state index contributed by atoms with van der Waals surface area (Å²) < 4.78 is 10.4. The van der Waals surface area contributed by atoms with Gasteiger partial charge in [0.05, 0.1) is 7.11 Å². The maximum absolute atomic E-state index is 5.39. The molecule has 90 valence electrons. The van der Waals surface area contributed by atoms with Gasteiger partial charge in [-0.05, 0) is 36.1 Å². The molecule has 0 radical (unpaired) electrons. The molecule has 0 fully saturated rings. The van der Waals surface area contributed by atoms with E-state index in [1.165, 1.54) is 11.1 Å². The van der Waals surface area contributed by atoms with E-state index in [2.05, 4.69) is 38.2 Å². The highest BCUT2D eigenvalue weighted by atomic mass is 16.5. The van der Waals surface area contributed by atoms with E-state index in [0.717, 1.165) is 11.4 Å². The van der Waals surface area contributed by atoms with Crippen LogP contribution in [0.1, 0.15) is 30.9 Å². The molecular weight excluding hydrogens is 202 g/mol. The molecule has 0 amide bonds. The summed E-state index contributed by atoms with van der Waals surface area (Å²) in [4.78, 5) is 0. The fourth-order valence-corrected chi connectivity index (χ4v) is 1.67. The number of benzene rings is 1. The molecule has 1 aromatic rings. The maximum atomic E-state index is 5.39. The van der Waals surface area contributed by atoms with E-state index in [1.54, 1.807) is 14.2 Å². The molecule has 0 heterocycles. The molecule has 0 saturated heterocycles. The number of methoxy groups -OCH3 is 2. The Balaban J connectivity index is 3.06. The maximum Gasteiger partial charge on any atom is 0.122 e. The van der Waals surface area contributed by atoms with E-state index < -0.39 is 0 Å². The number of ether oxygens (including phenoxy) is 2. The number of nitrogens with one attached hydrogen (secondary N) is 1. The minimum Gasteiger partial charge on any atom is -0.496 e. The quantitative estimate of drug-likeness (QED) is 0.778. The van der Waals surface area contributed by atoms with Gasteiger partial charge in [0, 0.05) is 12.8 Å². The number of anilines is 1. The van der Waals surface area contributed by atoms with Gasteiger partial charge in [-0.1, -0.05) is 13.8 Å². The van der Waals surface area contributed by atoms with Crippen LogP contribution in [0.2, 0.25) is 0 Å². The minimum atomic E-state index is 0.443. The van der Waals surface area contributed by atoms with E-state index in [0.29, 0.717) is 12.6 Å². The van der Waals surface area contributed by atoms with Gasteiger partial charge in [0.25, 0.3) is 0 Å². The average molecular weight is 223 g/mol. The zero-order chi connectivity index (χ0) is 12.1. The molecule has 0 bridgehead atoms. The third kappa shape index (κ3) is 2.89. The molecule has 16 heavy (non-hydrogen) atoms. The standard InChI is InChI=1S/C13H21NO2/c1-9(2)11-7-12(14-8-15-4)10(3)6-13(11)16-5/h6-7,9,14H,8H2,1-5H3. The molecule has 1 aromatic carbocycles. The highest BCUT2D eigenvalue weighted by molar-refractivity contribution is 5.57. The van der Waals surface area contributed by atoms with Crippen molar-refractivity contribution >= 4 is 5.69 Å². The fraction of sp³-hybridized carbons (Fsp3) is 0.538. The Hall–Kier alpha value is -1.22. The largest absolute Gasteiger partial charge is 0.496 e. The van der Waals surface area contributed by atoms with Crippen molar-refractivity contribution in [2.24, 2.45) is 0 Å². The van der Waals surface area contributed by atoms with Gasteiger partial charge >= 0.3 is 0 Å². The predicted octanol–water partition coefficient (Wildman–Crippen LogP) is 3.14. The first-order chi connectivity index (χ1) is 7.60. The average Bonchev–Trinajstić information content (AvgIpc) is 2.26. The molecule has 0 unspecified atom stereocenters. The summed E-state index contributed by atoms with van der Waals surface area (Å²) in [6.07, 6.45) is 0. The number of rotatable bonds is 5. The summed E-state index contributed by atoms with van der Waals surface area (Å²) in [6.45, 7) is 6.90. The van der Waals surface area contributed by atoms with Gasteiger partial charge in [-0.25, -0.2) is 0 Å². The van der Waals surface area contributed by atoms with Crippen LogP contribution in [-0.2, 0) is 4.74 Å². The Labute approximate surface area is 97.8 Å². The van der Waals surface area contributed by atoms with Crippen molar-refractivity contribution in [3.63, 3.8) is 0 Å². The van der Waals surface area contributed by atoms with Crippen molar-refractivity contribution in [2.75, 3.05) is 26.3 Å². The van der Waals surface area contributed by atoms with Gasteiger partial charge in [0.2, 0.25) is 0 Å². The van der Waals surface area contributed by atoms with Crippen LogP contribution in [0.25, 0.3) is 0 Å². The summed E-state index contributed by atoms with van der Waals surface area (Å²) in [5.74, 6) is 1.40. The molecule has 0 aliphatic rings. The van der Waals surface area contributed by atoms with Crippen molar-refractivity contribution in [1.82, 2.24) is 0 Å². The van der Waals surface area contributed by atoms with Crippen molar-refractivity contribution in [1.29, 1.82) is 0 Å². The number of aryl methyl sites for hydroxylation is 1. The van der Waals surface area contributed by atoms with E-state index >= 15 is 0 Å². The second kappa shape index (κ2) is 5.75. The molecule has 0 aliphatic heterocycles. The van der Waals surface area contributed by atoms with Crippen LogP contribution >= 0.6 is 0 Å². The first-order valence-corrected chi connectivity index (χ1v) is 5.51. The molecule has 0 saturated carbocycles. The van der Waals surface area contributed by atoms with Crippen molar-refractivity contribution < 1.29 is 9.47 Å². The molecule has 3 nitrogen and oxygen atoms in total. The first kappa shape index (κ1) is 12.8. The summed E-state index contributed by atoms with van der Waals surface area (Å²) in [6, 6.07) is 4.20. The summed E-state index contributed by atoms with van der Waals surface area (Å²) in [5, 5.41) is 3.23. The lowest BCUT2D eigenvalue weighted by Crippen LogP contribution is -2.06. The van der Waals surface area contributed by atoms with Gasteiger partial charge in [-0.2, -0.15) is 0 Å². The Morgan fingerprint density at radius 3 is 2.44 bits per heavy atom. The molecule has 0 atom stereocenters. The lowest BCUT2D eigenvalue weighted by atomic mass is 9.99. The Morgan fingerprint density at radius 1 is 1.25 bits per heavy atom. The normalized spacial score (nSPS) is 10.6. The molecule has 0 spiro atoms. The predicted molar refractivity (Wildman–Crippen MR) is 67.3 cm³/mol. The van der Waals surface area contributed by atoms with Gasteiger partial charge in [-0.15, -0.1) is 0 Å². The van der Waals surface area contributed by atoms with E-state index in [1.807, 2.05) is 0 Å². The minimum absolute atomic E-state index is 0.443. The smallest absolute Gasteiger partial charge is 0.122 e. The van der Waals surface area contributed by atoms with Crippen LogP contribution in [-0.4, -0.2) is 21.0 Å². The zero-order valence-electron chi connectivity index (χ0n) is 10.8. The Kier molecular flexibility index (Phi) is 4.62. The Bertz CT molecular complexity index is 348. The monoisotopic (exact) mass is 223 g/mol. The zero-order valence-corrected chi connectivity index (χ0v) is 10.8. The first-order valence-electron chi connectivity index (χ1n) is 5.51. The number of hydrogen-bond acceptors (Lipinski definition) is 3. The van der Waals surface area contributed by atoms with E-state index in [9.17, 15) is 0 Å². The summed E-state index contributed by atoms with van der Waals surface area (Å²) in [7, 11) is 3.39. The van der Waals surface area contributed by atoms with E-state index in [-0.39, 0.29) is 0 Å². The second-order valence-electron chi connectivity index (χ2n) is 4.17. The van der Waals surface area contributed by atoms with Crippen LogP contribution in [0, 0.1) is 6.92 Å². The van der Waals surface area contributed by atoms with E-state index in [4.69, 9.17) is 9.47 Å². The third-order valence-electron chi connectivity index (χ3n) is 2.61. The molecule has 0 aliphatic carbocycles. The van der Waals surface area contributed by atoms with Crippen LogP contribution in [0.3, 0.4) is 0 Å². The lowest BCUT2D eigenvalue weighted by Gasteiger charge is -2.16. The highest BCUT2D eigenvalue weighted by Crippen LogP contribution is 2.31. The van der Waals surface area contributed by atoms with Crippen LogP contribution in [0.4, 0.5) is 5.69 Å². The molecule has 1 N–H and O–H groups in total. The topological polar surface area (TPSA) is 30.5 Å². The number of hydrogen-bond donors (Lipinski definition) is 1.